The van der Waals surface area contributed by atoms with Gasteiger partial charge in [-0.05, 0) is 103 Å². The molecule has 0 fully saturated rings. The number of alkyl halides is 3. The average Bonchev–Trinajstić information content (AvgIpc) is 3.37. The molecule has 0 spiro atoms. The monoisotopic (exact) mass is 962 g/mol. The summed E-state index contributed by atoms with van der Waals surface area (Å²) in [6, 6.07) is 46.9. The molecule has 9 aromatic rings. The highest BCUT2D eigenvalue weighted by Gasteiger charge is 2.36. The van der Waals surface area contributed by atoms with Gasteiger partial charge in [0.05, 0.1) is 22.9 Å². The third kappa shape index (κ3) is 12.3. The molecule has 11 nitrogen and oxygen atoms in total. The number of methoxy groups -OCH3 is 1. The van der Waals surface area contributed by atoms with Gasteiger partial charge in [-0.25, -0.2) is 14.4 Å². The zero-order chi connectivity index (χ0) is 50.5. The maximum absolute atomic E-state index is 14.2. The number of anilines is 6. The number of aryl methyl sites for hydroxylation is 2. The third-order valence-electron chi connectivity index (χ3n) is 11.1. The zero-order valence-electron chi connectivity index (χ0n) is 39.9. The highest BCUT2D eigenvalue weighted by atomic mass is 19.4. The maximum Gasteiger partial charge on any atom is 0.417 e. The summed E-state index contributed by atoms with van der Waals surface area (Å²) in [6.45, 7) is 9.37. The largest absolute Gasteiger partial charge is 0.417 e. The molecule has 0 unspecified atom stereocenters. The molecule has 0 bridgehead atoms. The lowest BCUT2D eigenvalue weighted by atomic mass is 10.1. The highest BCUT2D eigenvalue weighted by molar-refractivity contribution is 5.87. The fourth-order valence-corrected chi connectivity index (χ4v) is 7.80. The van der Waals surface area contributed by atoms with Crippen LogP contribution in [0, 0.1) is 12.7 Å². The smallest absolute Gasteiger partial charge is 0.383 e. The van der Waals surface area contributed by atoms with E-state index in [0.717, 1.165) is 29.3 Å². The van der Waals surface area contributed by atoms with Crippen LogP contribution in [0.3, 0.4) is 0 Å². The molecule has 0 saturated carbocycles. The summed E-state index contributed by atoms with van der Waals surface area (Å²) in [5, 5.41) is 12.8. The Morgan fingerprint density at radius 3 is 1.66 bits per heavy atom. The number of ether oxygens (including phenoxy) is 1. The van der Waals surface area contributed by atoms with Crippen LogP contribution in [0.4, 0.5) is 52.2 Å². The average molecular weight is 963 g/mol. The number of nitrogens with one attached hydrogen (secondary N) is 4. The van der Waals surface area contributed by atoms with E-state index < -0.39 is 22.6 Å². The van der Waals surface area contributed by atoms with Crippen molar-refractivity contribution in [3.8, 4) is 11.4 Å². The number of para-hydroxylation sites is 2. The Labute approximate surface area is 408 Å². The van der Waals surface area contributed by atoms with Gasteiger partial charge in [0.2, 0.25) is 0 Å². The van der Waals surface area contributed by atoms with Crippen molar-refractivity contribution in [2.24, 2.45) is 0 Å². The molecular weight excluding hydrogens is 909 g/mol. The number of hydrogen-bond donors (Lipinski definition) is 4. The van der Waals surface area contributed by atoms with Crippen molar-refractivity contribution >= 4 is 56.7 Å². The lowest BCUT2D eigenvalue weighted by molar-refractivity contribution is -0.136. The van der Waals surface area contributed by atoms with E-state index in [1.807, 2.05) is 104 Å². The Balaban J connectivity index is 0.000000203. The first-order valence-electron chi connectivity index (χ1n) is 23.2. The summed E-state index contributed by atoms with van der Waals surface area (Å²) in [5.41, 5.74) is 4.12. The molecule has 0 amide bonds. The Hall–Kier alpha value is -8.30. The van der Waals surface area contributed by atoms with Gasteiger partial charge >= 0.3 is 6.18 Å². The summed E-state index contributed by atoms with van der Waals surface area (Å²) in [5.74, 6) is 1.16. The fraction of sp³-hybridized carbons (Fsp3) is 0.179. The molecule has 5 aromatic carbocycles. The van der Waals surface area contributed by atoms with Gasteiger partial charge in [0.1, 0.15) is 29.1 Å². The molecule has 0 aliphatic heterocycles. The van der Waals surface area contributed by atoms with Gasteiger partial charge in [-0.2, -0.15) is 13.2 Å². The summed E-state index contributed by atoms with van der Waals surface area (Å²) in [7, 11) is 1.64. The number of halogens is 4. The molecule has 364 valence electrons. The van der Waals surface area contributed by atoms with Crippen molar-refractivity contribution in [2.45, 2.75) is 46.8 Å². The summed E-state index contributed by atoms with van der Waals surface area (Å²) < 4.78 is 64.8. The zero-order valence-corrected chi connectivity index (χ0v) is 39.9. The molecule has 9 rings (SSSR count). The summed E-state index contributed by atoms with van der Waals surface area (Å²) in [4.78, 5) is 35.5. The molecule has 0 radical (unpaired) electrons. The van der Waals surface area contributed by atoms with E-state index in [9.17, 15) is 27.2 Å². The van der Waals surface area contributed by atoms with Gasteiger partial charge in [-0.3, -0.25) is 18.7 Å². The van der Waals surface area contributed by atoms with Crippen molar-refractivity contribution in [1.29, 1.82) is 0 Å². The Bertz CT molecular complexity index is 3320. The predicted octanol–water partition coefficient (Wildman–Crippen LogP) is 13.0. The van der Waals surface area contributed by atoms with Crippen LogP contribution in [0.2, 0.25) is 0 Å². The molecular formula is C56H54F4N8O3. The fourth-order valence-electron chi connectivity index (χ4n) is 7.80. The van der Waals surface area contributed by atoms with Crippen LogP contribution in [-0.4, -0.2) is 39.4 Å². The van der Waals surface area contributed by atoms with Crippen LogP contribution in [0.1, 0.15) is 43.0 Å². The van der Waals surface area contributed by atoms with Gasteiger partial charge in [0, 0.05) is 55.1 Å². The van der Waals surface area contributed by atoms with E-state index in [2.05, 4.69) is 33.2 Å². The molecule has 15 heteroatoms. The standard InChI is InChI=1S/C28H21F3N4O.C26H27FN4O2.C2H6/c29-28(30,31)22-16-24(32-18-19-10-4-1-5-11-19)34-27-26(22)23(36)17-25(33-20-12-6-2-7-13-20)35(27)21-14-8-3-9-15-21;1-4-18-5-9-20(10-6-18)29-24-16-22(32)25-17(2)15-23(28-13-14-33-3)30-26(25)31(24)21-11-7-19(27)8-12-21;1-2/h1-17,33H,18H2,(H,32,34);5-12,15-16,29H,4,13-14H2,1-3H3,(H,28,30);1-2H3. The van der Waals surface area contributed by atoms with Crippen LogP contribution in [-0.2, 0) is 23.9 Å². The van der Waals surface area contributed by atoms with Crippen molar-refractivity contribution in [2.75, 3.05) is 41.5 Å². The number of benzene rings is 5. The first-order valence-corrected chi connectivity index (χ1v) is 23.2. The second kappa shape index (κ2) is 23.3. The molecule has 4 heterocycles. The second-order valence-electron chi connectivity index (χ2n) is 16.0. The van der Waals surface area contributed by atoms with Crippen LogP contribution in [0.25, 0.3) is 33.4 Å². The van der Waals surface area contributed by atoms with Crippen molar-refractivity contribution in [1.82, 2.24) is 19.1 Å². The van der Waals surface area contributed by atoms with E-state index in [0.29, 0.717) is 58.7 Å². The Kier molecular flexibility index (Phi) is 16.6. The first kappa shape index (κ1) is 50.6. The van der Waals surface area contributed by atoms with Crippen LogP contribution in [0.5, 0.6) is 0 Å². The number of aromatic nitrogens is 4. The molecule has 4 aromatic heterocycles. The van der Waals surface area contributed by atoms with Crippen molar-refractivity contribution in [3.63, 3.8) is 0 Å². The van der Waals surface area contributed by atoms with E-state index >= 15 is 0 Å². The lowest BCUT2D eigenvalue weighted by Gasteiger charge is -2.20. The Morgan fingerprint density at radius 2 is 1.10 bits per heavy atom. The minimum atomic E-state index is -4.76. The highest BCUT2D eigenvalue weighted by Crippen LogP contribution is 2.37. The van der Waals surface area contributed by atoms with Gasteiger partial charge in [-0.15, -0.1) is 0 Å². The lowest BCUT2D eigenvalue weighted by Crippen LogP contribution is -2.19. The number of fused-ring (bicyclic) bond motifs is 2. The van der Waals surface area contributed by atoms with Gasteiger partial charge in [-0.1, -0.05) is 99.6 Å². The number of rotatable bonds is 14. The molecule has 4 N–H and O–H groups in total. The normalized spacial score (nSPS) is 11.0. The maximum atomic E-state index is 14.2. The van der Waals surface area contributed by atoms with Gasteiger partial charge < -0.3 is 26.0 Å². The minimum absolute atomic E-state index is 0.0135. The molecule has 0 aliphatic rings. The number of pyridine rings is 4. The Morgan fingerprint density at radius 1 is 0.592 bits per heavy atom. The van der Waals surface area contributed by atoms with E-state index in [-0.39, 0.29) is 29.3 Å². The summed E-state index contributed by atoms with van der Waals surface area (Å²) in [6.07, 6.45) is -3.81. The van der Waals surface area contributed by atoms with Crippen LogP contribution in [0.15, 0.2) is 173 Å². The van der Waals surface area contributed by atoms with Gasteiger partial charge in [0.15, 0.2) is 22.2 Å². The molecule has 0 atom stereocenters. The van der Waals surface area contributed by atoms with Crippen molar-refractivity contribution < 1.29 is 22.3 Å². The summed E-state index contributed by atoms with van der Waals surface area (Å²) >= 11 is 0. The van der Waals surface area contributed by atoms with Crippen LogP contribution >= 0.6 is 0 Å². The minimum Gasteiger partial charge on any atom is -0.383 e. The third-order valence-corrected chi connectivity index (χ3v) is 11.1. The predicted molar refractivity (Wildman–Crippen MR) is 279 cm³/mol. The SMILES string of the molecule is CC.CCc1ccc(Nc2cc(=O)c3c(C)cc(NCCOC)nc3n2-c2ccc(F)cc2)cc1.O=c1cc(Nc2ccccc2)n(-c2ccccc2)c2nc(NCc3ccccc3)cc(C(F)(F)F)c12. The quantitative estimate of drug-likeness (QED) is 0.0622. The van der Waals surface area contributed by atoms with Crippen molar-refractivity contribution in [3.05, 3.63) is 212 Å². The molecule has 0 saturated heterocycles. The van der Waals surface area contributed by atoms with Gasteiger partial charge in [0.25, 0.3) is 0 Å². The number of nitrogens with zero attached hydrogens (tertiary/aromatic N) is 4. The second-order valence-corrected chi connectivity index (χ2v) is 16.0. The van der Waals surface area contributed by atoms with E-state index in [1.165, 1.54) is 28.3 Å². The topological polar surface area (TPSA) is 127 Å². The van der Waals surface area contributed by atoms with Crippen LogP contribution < -0.4 is 32.1 Å². The molecule has 71 heavy (non-hydrogen) atoms. The van der Waals surface area contributed by atoms with E-state index in [4.69, 9.17) is 9.72 Å². The first-order chi connectivity index (χ1) is 34.4. The van der Waals surface area contributed by atoms with E-state index in [1.54, 1.807) is 67.8 Å². The molecule has 0 aliphatic carbocycles. The number of hydrogen-bond acceptors (Lipinski definition) is 9.